The van der Waals surface area contributed by atoms with Crippen molar-refractivity contribution in [1.29, 1.82) is 0 Å². The molecule has 0 aromatic carbocycles. The zero-order valence-electron chi connectivity index (χ0n) is 14.2. The van der Waals surface area contributed by atoms with E-state index in [9.17, 15) is 70.7 Å². The van der Waals surface area contributed by atoms with Crippen LogP contribution in [0.5, 0.6) is 0 Å². The molecule has 0 rings (SSSR count). The molecule has 184 valence electrons. The molecule has 0 aliphatic carbocycles. The molecule has 0 spiro atoms. The molecule has 0 aromatic rings. The summed E-state index contributed by atoms with van der Waals surface area (Å²) in [6, 6.07) is 0. The normalized spacial score (nSPS) is 15.1. The zero-order valence-corrected chi connectivity index (χ0v) is 14.2. The first-order valence-corrected chi connectivity index (χ1v) is 6.81. The molecule has 0 aliphatic heterocycles. The lowest BCUT2D eigenvalue weighted by atomic mass is 10.1. The highest BCUT2D eigenvalue weighted by Crippen LogP contribution is 2.55. The maximum absolute atomic E-state index is 13.1. The van der Waals surface area contributed by atoms with Crippen LogP contribution in [-0.2, 0) is 19.0 Å². The quantitative estimate of drug-likeness (QED) is 0.231. The van der Waals surface area contributed by atoms with Gasteiger partial charge in [0.2, 0.25) is 0 Å². The zero-order chi connectivity index (χ0) is 25.5. The van der Waals surface area contributed by atoms with Crippen molar-refractivity contribution in [2.75, 3.05) is 6.61 Å². The van der Waals surface area contributed by atoms with Gasteiger partial charge in [-0.15, -0.1) is 0 Å². The highest BCUT2D eigenvalue weighted by molar-refractivity contribution is 5.86. The molecule has 0 N–H and O–H groups in total. The third-order valence-corrected chi connectivity index (χ3v) is 2.71. The second-order valence-electron chi connectivity index (χ2n) is 5.39. The predicted octanol–water partition coefficient (Wildman–Crippen LogP) is 5.34. The number of alkyl halides is 15. The molecular weight excluding hydrogens is 493 g/mol. The minimum absolute atomic E-state index is 0.635. The van der Waals surface area contributed by atoms with Gasteiger partial charge in [0.25, 0.3) is 0 Å². The smallest absolute Gasteiger partial charge is 0.453 e. The van der Waals surface area contributed by atoms with Gasteiger partial charge in [-0.3, -0.25) is 0 Å². The first-order chi connectivity index (χ1) is 13.2. The van der Waals surface area contributed by atoms with Crippen molar-refractivity contribution in [2.45, 2.75) is 49.4 Å². The Hall–Kier alpha value is -1.92. The van der Waals surface area contributed by atoms with Gasteiger partial charge in [0.15, 0.2) is 6.61 Å². The van der Waals surface area contributed by atoms with E-state index in [0.29, 0.717) is 0 Å². The molecule has 0 saturated carbocycles. The van der Waals surface area contributed by atoms with Crippen molar-refractivity contribution in [3.8, 4) is 0 Å². The highest BCUT2D eigenvalue weighted by Gasteiger charge is 2.85. The minimum Gasteiger partial charge on any atom is -0.453 e. The summed E-state index contributed by atoms with van der Waals surface area (Å²) in [7, 11) is 0. The van der Waals surface area contributed by atoms with Crippen LogP contribution < -0.4 is 0 Å². The molecule has 19 heteroatoms. The SMILES string of the molecule is C=C(C)C(=O)OCC(F)(F)OC(F)(F)C(F)(F)OC(F)(F)C(F)(F)C(F)(F)C(F)(F)F. The van der Waals surface area contributed by atoms with Crippen molar-refractivity contribution < 1.29 is 84.9 Å². The largest absolute Gasteiger partial charge is 0.460 e. The summed E-state index contributed by atoms with van der Waals surface area (Å²) in [5.74, 6) is -17.5. The standard InChI is InChI=1S/C12H7F15O4/c1-4(2)5(28)29-3-6(13,14)30-11(24,25)12(26,27)31-10(22,23)8(17,18)7(15,16)9(19,20)21/h1,3H2,2H3. The maximum atomic E-state index is 13.1. The Kier molecular flexibility index (Phi) is 7.70. The van der Waals surface area contributed by atoms with E-state index in [1.807, 2.05) is 0 Å². The van der Waals surface area contributed by atoms with Gasteiger partial charge in [-0.05, 0) is 6.92 Å². The van der Waals surface area contributed by atoms with Crippen LogP contribution >= 0.6 is 0 Å². The van der Waals surface area contributed by atoms with E-state index in [1.165, 1.54) is 4.74 Å². The Morgan fingerprint density at radius 2 is 1.06 bits per heavy atom. The van der Waals surface area contributed by atoms with E-state index in [2.05, 4.69) is 16.1 Å². The van der Waals surface area contributed by atoms with Crippen LogP contribution in [0.4, 0.5) is 65.9 Å². The van der Waals surface area contributed by atoms with Crippen LogP contribution in [0.2, 0.25) is 0 Å². The van der Waals surface area contributed by atoms with Crippen LogP contribution in [0, 0.1) is 0 Å². The molecule has 0 amide bonds. The molecule has 0 saturated heterocycles. The number of rotatable bonds is 10. The summed E-state index contributed by atoms with van der Waals surface area (Å²) in [5, 5.41) is 0. The van der Waals surface area contributed by atoms with E-state index in [1.54, 1.807) is 0 Å². The minimum atomic E-state index is -7.93. The van der Waals surface area contributed by atoms with E-state index >= 15 is 0 Å². The number of carbonyl (C=O) groups is 1. The number of hydrogen-bond donors (Lipinski definition) is 0. The van der Waals surface area contributed by atoms with Gasteiger partial charge in [-0.2, -0.15) is 65.9 Å². The molecule has 0 atom stereocenters. The predicted molar refractivity (Wildman–Crippen MR) is 63.7 cm³/mol. The van der Waals surface area contributed by atoms with E-state index in [4.69, 9.17) is 0 Å². The molecular formula is C12H7F15O4. The molecule has 0 fully saturated rings. The van der Waals surface area contributed by atoms with Crippen LogP contribution in [0.1, 0.15) is 6.92 Å². The molecule has 31 heavy (non-hydrogen) atoms. The summed E-state index contributed by atoms with van der Waals surface area (Å²) in [6.07, 6.45) is -35.3. The van der Waals surface area contributed by atoms with Gasteiger partial charge < -0.3 is 4.74 Å². The first-order valence-electron chi connectivity index (χ1n) is 6.81. The Bertz CT molecular complexity index is 682. The topological polar surface area (TPSA) is 44.8 Å². The van der Waals surface area contributed by atoms with Crippen LogP contribution in [0.3, 0.4) is 0 Å². The van der Waals surface area contributed by atoms with Crippen molar-refractivity contribution >= 4 is 5.97 Å². The number of halogens is 15. The van der Waals surface area contributed by atoms with E-state index < -0.39 is 60.6 Å². The fraction of sp³-hybridized carbons (Fsp3) is 0.750. The molecule has 0 radical (unpaired) electrons. The Labute approximate surface area is 160 Å². The lowest BCUT2D eigenvalue weighted by Crippen LogP contribution is -2.64. The van der Waals surface area contributed by atoms with Crippen LogP contribution in [0.15, 0.2) is 12.2 Å². The average Bonchev–Trinajstić information content (AvgIpc) is 2.48. The summed E-state index contributed by atoms with van der Waals surface area (Å²) >= 11 is 0. The average molecular weight is 500 g/mol. The van der Waals surface area contributed by atoms with Crippen molar-refractivity contribution in [2.24, 2.45) is 0 Å². The Balaban J connectivity index is 5.74. The maximum Gasteiger partial charge on any atom is 0.460 e. The van der Waals surface area contributed by atoms with Crippen LogP contribution in [-0.4, -0.2) is 55.0 Å². The molecule has 0 aromatic heterocycles. The van der Waals surface area contributed by atoms with Crippen molar-refractivity contribution in [1.82, 2.24) is 0 Å². The van der Waals surface area contributed by atoms with E-state index in [0.717, 1.165) is 6.92 Å². The fourth-order valence-corrected chi connectivity index (χ4v) is 1.19. The summed E-state index contributed by atoms with van der Waals surface area (Å²) in [5.41, 5.74) is -0.635. The number of esters is 1. The second kappa shape index (κ2) is 8.21. The number of carbonyl (C=O) groups excluding carboxylic acids is 1. The van der Waals surface area contributed by atoms with Crippen LogP contribution in [0.25, 0.3) is 0 Å². The molecule has 0 unspecified atom stereocenters. The van der Waals surface area contributed by atoms with Gasteiger partial charge in [0, 0.05) is 5.57 Å². The van der Waals surface area contributed by atoms with Gasteiger partial charge in [-0.1, -0.05) is 6.58 Å². The lowest BCUT2D eigenvalue weighted by molar-refractivity contribution is -0.542. The summed E-state index contributed by atoms with van der Waals surface area (Å²) in [6.45, 7) is 1.05. The van der Waals surface area contributed by atoms with Crippen molar-refractivity contribution in [3.05, 3.63) is 12.2 Å². The van der Waals surface area contributed by atoms with Crippen molar-refractivity contribution in [3.63, 3.8) is 0 Å². The first kappa shape index (κ1) is 29.1. The highest BCUT2D eigenvalue weighted by atomic mass is 19.4. The third-order valence-electron chi connectivity index (χ3n) is 2.71. The number of ether oxygens (including phenoxy) is 3. The molecule has 4 nitrogen and oxygen atoms in total. The fourth-order valence-electron chi connectivity index (χ4n) is 1.19. The third kappa shape index (κ3) is 6.07. The Morgan fingerprint density at radius 1 is 0.677 bits per heavy atom. The summed E-state index contributed by atoms with van der Waals surface area (Å²) < 4.78 is 198. The van der Waals surface area contributed by atoms with Gasteiger partial charge in [0.1, 0.15) is 0 Å². The molecule has 0 heterocycles. The van der Waals surface area contributed by atoms with Gasteiger partial charge in [0.05, 0.1) is 0 Å². The molecule has 0 aliphatic rings. The van der Waals surface area contributed by atoms with E-state index in [-0.39, 0.29) is 0 Å². The Morgan fingerprint density at radius 3 is 1.42 bits per heavy atom. The lowest BCUT2D eigenvalue weighted by Gasteiger charge is -2.36. The second-order valence-corrected chi connectivity index (χ2v) is 5.39. The number of hydrogen-bond acceptors (Lipinski definition) is 4. The van der Waals surface area contributed by atoms with Gasteiger partial charge in [-0.25, -0.2) is 14.3 Å². The van der Waals surface area contributed by atoms with Gasteiger partial charge >= 0.3 is 48.4 Å². The summed E-state index contributed by atoms with van der Waals surface area (Å²) in [4.78, 5) is 10.8. The monoisotopic (exact) mass is 500 g/mol. The molecule has 0 bridgehead atoms.